The molecule has 4 nitrogen and oxygen atoms in total. The zero-order valence-corrected chi connectivity index (χ0v) is 11.7. The van der Waals surface area contributed by atoms with Gasteiger partial charge >= 0.3 is 0 Å². The van der Waals surface area contributed by atoms with Gasteiger partial charge in [0.05, 0.1) is 0 Å². The maximum atomic E-state index is 12.2. The van der Waals surface area contributed by atoms with Crippen molar-refractivity contribution < 1.29 is 4.79 Å². The van der Waals surface area contributed by atoms with Crippen LogP contribution in [0.1, 0.15) is 42.2 Å². The third-order valence-corrected chi connectivity index (χ3v) is 3.55. The smallest absolute Gasteiger partial charge is 0.273 e. The van der Waals surface area contributed by atoms with Gasteiger partial charge in [-0.05, 0) is 26.7 Å². The average molecular weight is 276 g/mol. The number of nitrogens with two attached hydrogens (primary N) is 1. The molecule has 0 bridgehead atoms. The number of rotatable bonds is 4. The second-order valence-electron chi connectivity index (χ2n) is 4.37. The van der Waals surface area contributed by atoms with Crippen molar-refractivity contribution in [1.82, 2.24) is 9.88 Å². The number of hydrogen-bond acceptors (Lipinski definition) is 4. The van der Waals surface area contributed by atoms with Crippen molar-refractivity contribution in [3.05, 3.63) is 16.1 Å². The third kappa shape index (κ3) is 3.18. The molecular weight excluding hydrogens is 258 g/mol. The average Bonchev–Trinajstić information content (AvgIpc) is 2.95. The molecule has 1 heterocycles. The minimum Gasteiger partial charge on any atom is -0.332 e. The summed E-state index contributed by atoms with van der Waals surface area (Å²) in [5, 5.41) is 2.63. The first-order valence-electron chi connectivity index (χ1n) is 5.60. The molecule has 0 unspecified atom stereocenters. The topological polar surface area (TPSA) is 59.2 Å². The third-order valence-electron chi connectivity index (χ3n) is 2.68. The first-order valence-corrected chi connectivity index (χ1v) is 6.48. The van der Waals surface area contributed by atoms with E-state index < -0.39 is 0 Å². The zero-order chi connectivity index (χ0) is 11.7. The van der Waals surface area contributed by atoms with Crippen LogP contribution in [-0.2, 0) is 6.54 Å². The Morgan fingerprint density at radius 3 is 2.71 bits per heavy atom. The van der Waals surface area contributed by atoms with E-state index in [2.05, 4.69) is 4.98 Å². The molecule has 1 aromatic heterocycles. The van der Waals surface area contributed by atoms with Crippen LogP contribution in [0.2, 0.25) is 0 Å². The summed E-state index contributed by atoms with van der Waals surface area (Å²) in [6, 6.07) is 0.665. The van der Waals surface area contributed by atoms with E-state index in [4.69, 9.17) is 5.73 Å². The number of halogens is 1. The second kappa shape index (κ2) is 5.80. The molecule has 2 rings (SSSR count). The highest BCUT2D eigenvalue weighted by Crippen LogP contribution is 2.30. The lowest BCUT2D eigenvalue weighted by molar-refractivity contribution is 0.0685. The Labute approximate surface area is 112 Å². The summed E-state index contributed by atoms with van der Waals surface area (Å²) in [6.07, 6.45) is 2.25. The Morgan fingerprint density at radius 2 is 2.29 bits per heavy atom. The Kier molecular flexibility index (Phi) is 4.91. The van der Waals surface area contributed by atoms with Gasteiger partial charge in [0.2, 0.25) is 0 Å². The fourth-order valence-corrected chi connectivity index (χ4v) is 2.46. The Balaban J connectivity index is 0.00000144. The minimum absolute atomic E-state index is 0. The van der Waals surface area contributed by atoms with Crippen molar-refractivity contribution in [2.24, 2.45) is 5.73 Å². The van der Waals surface area contributed by atoms with Gasteiger partial charge in [-0.3, -0.25) is 4.79 Å². The lowest BCUT2D eigenvalue weighted by Crippen LogP contribution is -2.38. The normalized spacial score (nSPS) is 14.6. The summed E-state index contributed by atoms with van der Waals surface area (Å²) < 4.78 is 0. The number of amides is 1. The van der Waals surface area contributed by atoms with Gasteiger partial charge in [0.25, 0.3) is 5.91 Å². The van der Waals surface area contributed by atoms with Gasteiger partial charge in [-0.25, -0.2) is 4.98 Å². The molecule has 1 aliphatic carbocycles. The summed E-state index contributed by atoms with van der Waals surface area (Å²) in [6.45, 7) is 4.50. The van der Waals surface area contributed by atoms with Crippen LogP contribution in [0.15, 0.2) is 5.38 Å². The fraction of sp³-hybridized carbons (Fsp3) is 0.636. The van der Waals surface area contributed by atoms with Crippen molar-refractivity contribution >= 4 is 29.7 Å². The van der Waals surface area contributed by atoms with Gasteiger partial charge in [-0.15, -0.1) is 23.7 Å². The van der Waals surface area contributed by atoms with Crippen LogP contribution in [-0.4, -0.2) is 27.9 Å². The molecule has 0 aliphatic heterocycles. The molecule has 96 valence electrons. The molecule has 0 saturated heterocycles. The molecule has 1 aliphatic rings. The lowest BCUT2D eigenvalue weighted by Gasteiger charge is -2.25. The molecule has 1 amide bonds. The molecule has 0 atom stereocenters. The van der Waals surface area contributed by atoms with Crippen LogP contribution >= 0.6 is 23.7 Å². The standard InChI is InChI=1S/C11H17N3OS.ClH/c1-7(2)14(8-3-4-8)11(15)9-6-16-10(5-12)13-9;/h6-8H,3-5,12H2,1-2H3;1H. The summed E-state index contributed by atoms with van der Waals surface area (Å²) in [7, 11) is 0. The highest BCUT2D eigenvalue weighted by molar-refractivity contribution is 7.09. The quantitative estimate of drug-likeness (QED) is 0.915. The van der Waals surface area contributed by atoms with Gasteiger partial charge in [0.1, 0.15) is 10.7 Å². The van der Waals surface area contributed by atoms with Crippen molar-refractivity contribution in [2.75, 3.05) is 0 Å². The molecule has 1 fully saturated rings. The maximum Gasteiger partial charge on any atom is 0.273 e. The van der Waals surface area contributed by atoms with Gasteiger partial charge in [-0.2, -0.15) is 0 Å². The van der Waals surface area contributed by atoms with E-state index in [-0.39, 0.29) is 24.4 Å². The van der Waals surface area contributed by atoms with E-state index in [0.717, 1.165) is 17.8 Å². The van der Waals surface area contributed by atoms with Crippen LogP contribution in [0.3, 0.4) is 0 Å². The van der Waals surface area contributed by atoms with E-state index in [9.17, 15) is 4.79 Å². The van der Waals surface area contributed by atoms with Crippen molar-refractivity contribution in [2.45, 2.75) is 45.3 Å². The predicted octanol–water partition coefficient (Wildman–Crippen LogP) is 2.04. The van der Waals surface area contributed by atoms with Crippen LogP contribution in [0, 0.1) is 0 Å². The molecule has 6 heteroatoms. The second-order valence-corrected chi connectivity index (χ2v) is 5.31. The SMILES string of the molecule is CC(C)N(C(=O)c1csc(CN)n1)C1CC1.Cl. The molecule has 0 aromatic carbocycles. The summed E-state index contributed by atoms with van der Waals surface area (Å²) in [4.78, 5) is 18.4. The van der Waals surface area contributed by atoms with E-state index in [0.29, 0.717) is 18.3 Å². The number of nitrogens with zero attached hydrogens (tertiary/aromatic N) is 2. The maximum absolute atomic E-state index is 12.2. The summed E-state index contributed by atoms with van der Waals surface area (Å²) >= 11 is 1.46. The molecule has 1 aromatic rings. The zero-order valence-electron chi connectivity index (χ0n) is 10.0. The van der Waals surface area contributed by atoms with Gasteiger partial charge in [-0.1, -0.05) is 0 Å². The summed E-state index contributed by atoms with van der Waals surface area (Å²) in [5.41, 5.74) is 6.04. The summed E-state index contributed by atoms with van der Waals surface area (Å²) in [5.74, 6) is 0.0495. The highest BCUT2D eigenvalue weighted by atomic mass is 35.5. The molecule has 0 radical (unpaired) electrons. The van der Waals surface area contributed by atoms with Gasteiger partial charge < -0.3 is 10.6 Å². The minimum atomic E-state index is 0. The lowest BCUT2D eigenvalue weighted by atomic mass is 10.2. The monoisotopic (exact) mass is 275 g/mol. The number of thiazole rings is 1. The first-order chi connectivity index (χ1) is 7.63. The molecule has 0 spiro atoms. The van der Waals surface area contributed by atoms with Crippen LogP contribution in [0.25, 0.3) is 0 Å². The molecular formula is C11H18ClN3OS. The molecule has 1 saturated carbocycles. The van der Waals surface area contributed by atoms with Gasteiger partial charge in [0.15, 0.2) is 0 Å². The van der Waals surface area contributed by atoms with Crippen LogP contribution < -0.4 is 5.73 Å². The first kappa shape index (κ1) is 14.4. The Bertz CT molecular complexity index is 388. The highest BCUT2D eigenvalue weighted by Gasteiger charge is 2.35. The molecule has 17 heavy (non-hydrogen) atoms. The van der Waals surface area contributed by atoms with E-state index in [1.165, 1.54) is 11.3 Å². The van der Waals surface area contributed by atoms with Crippen molar-refractivity contribution in [3.8, 4) is 0 Å². The van der Waals surface area contributed by atoms with E-state index in [1.807, 2.05) is 24.1 Å². The van der Waals surface area contributed by atoms with Crippen molar-refractivity contribution in [1.29, 1.82) is 0 Å². The van der Waals surface area contributed by atoms with Crippen LogP contribution in [0.4, 0.5) is 0 Å². The fourth-order valence-electron chi connectivity index (χ4n) is 1.81. The van der Waals surface area contributed by atoms with Gasteiger partial charge in [0, 0.05) is 24.0 Å². The number of hydrogen-bond donors (Lipinski definition) is 1. The molecule has 2 N–H and O–H groups in total. The number of aromatic nitrogens is 1. The van der Waals surface area contributed by atoms with E-state index >= 15 is 0 Å². The van der Waals surface area contributed by atoms with Crippen molar-refractivity contribution in [3.63, 3.8) is 0 Å². The Morgan fingerprint density at radius 1 is 1.65 bits per heavy atom. The van der Waals surface area contributed by atoms with E-state index in [1.54, 1.807) is 0 Å². The number of carbonyl (C=O) groups excluding carboxylic acids is 1. The van der Waals surface area contributed by atoms with Crippen LogP contribution in [0.5, 0.6) is 0 Å². The largest absolute Gasteiger partial charge is 0.332 e. The predicted molar refractivity (Wildman–Crippen MR) is 71.6 cm³/mol. The number of carbonyl (C=O) groups is 1. The Hall–Kier alpha value is -0.650.